The summed E-state index contributed by atoms with van der Waals surface area (Å²) in [6, 6.07) is 7.93. The Kier molecular flexibility index (Phi) is 4.21. The maximum atomic E-state index is 5.90. The third kappa shape index (κ3) is 2.85. The maximum absolute atomic E-state index is 5.90. The summed E-state index contributed by atoms with van der Waals surface area (Å²) < 4.78 is 7.37. The van der Waals surface area contributed by atoms with Crippen molar-refractivity contribution in [1.82, 2.24) is 24.7 Å². The van der Waals surface area contributed by atoms with Crippen molar-refractivity contribution < 1.29 is 4.74 Å². The molecule has 3 aromatic rings. The molecule has 148 valence electrons. The molecule has 0 bridgehead atoms. The van der Waals surface area contributed by atoms with Crippen molar-refractivity contribution in [3.63, 3.8) is 0 Å². The third-order valence-corrected chi connectivity index (χ3v) is 5.80. The number of aromatic amines is 1. The molecule has 4 rings (SSSR count). The van der Waals surface area contributed by atoms with Gasteiger partial charge < -0.3 is 15.5 Å². The molecule has 1 aliphatic carbocycles. The first-order valence-corrected chi connectivity index (χ1v) is 9.67. The summed E-state index contributed by atoms with van der Waals surface area (Å²) in [5.41, 5.74) is 8.92. The van der Waals surface area contributed by atoms with E-state index in [4.69, 9.17) is 20.6 Å². The van der Waals surface area contributed by atoms with Gasteiger partial charge in [0.25, 0.3) is 0 Å². The molecule has 7 heteroatoms. The fourth-order valence-corrected chi connectivity index (χ4v) is 4.15. The van der Waals surface area contributed by atoms with Crippen LogP contribution >= 0.6 is 0 Å². The number of imidazole rings is 1. The largest absolute Gasteiger partial charge is 0.497 e. The topological polar surface area (TPSA) is 94.6 Å². The number of methoxy groups -OCH3 is 1. The number of H-pyrrole nitrogens is 1. The molecule has 0 spiro atoms. The monoisotopic (exact) mass is 380 g/mol. The highest BCUT2D eigenvalue weighted by Gasteiger charge is 2.63. The number of nitrogens with one attached hydrogen (secondary N) is 1. The van der Waals surface area contributed by atoms with Crippen molar-refractivity contribution in [3.8, 4) is 11.4 Å². The third-order valence-electron chi connectivity index (χ3n) is 5.80. The Morgan fingerprint density at radius 1 is 1.21 bits per heavy atom. The Labute approximate surface area is 165 Å². The quantitative estimate of drug-likeness (QED) is 0.699. The minimum Gasteiger partial charge on any atom is -0.497 e. The summed E-state index contributed by atoms with van der Waals surface area (Å²) >= 11 is 0. The van der Waals surface area contributed by atoms with Crippen LogP contribution in [0.1, 0.15) is 68.5 Å². The van der Waals surface area contributed by atoms with Crippen LogP contribution in [0, 0.1) is 12.3 Å². The van der Waals surface area contributed by atoms with Crippen molar-refractivity contribution in [1.29, 1.82) is 0 Å². The molecule has 0 radical (unpaired) electrons. The fourth-order valence-electron chi connectivity index (χ4n) is 4.15. The number of hydrogen-bond donors (Lipinski definition) is 2. The molecule has 1 aromatic carbocycles. The second-order valence-corrected chi connectivity index (χ2v) is 8.51. The van der Waals surface area contributed by atoms with Gasteiger partial charge in [0.1, 0.15) is 11.6 Å². The summed E-state index contributed by atoms with van der Waals surface area (Å²) in [7, 11) is 1.67. The molecule has 3 N–H and O–H groups in total. The zero-order chi connectivity index (χ0) is 20.2. The van der Waals surface area contributed by atoms with Gasteiger partial charge in [-0.25, -0.2) is 14.6 Å². The molecule has 2 heterocycles. The first-order valence-electron chi connectivity index (χ1n) is 9.67. The molecule has 28 heavy (non-hydrogen) atoms. The smallest absolute Gasteiger partial charge is 0.197 e. The SMILES string of the molecule is COc1cccc(-n2nc(C(C)C)nc2C2C(c3nc(N)[nH]c3C)C2(C)C)c1. The van der Waals surface area contributed by atoms with Crippen LogP contribution in [0.3, 0.4) is 0 Å². The van der Waals surface area contributed by atoms with Crippen LogP contribution in [0.15, 0.2) is 24.3 Å². The molecule has 0 saturated heterocycles. The zero-order valence-corrected chi connectivity index (χ0v) is 17.3. The molecule has 2 unspecified atom stereocenters. The van der Waals surface area contributed by atoms with E-state index in [-0.39, 0.29) is 23.2 Å². The van der Waals surface area contributed by atoms with E-state index in [1.54, 1.807) is 7.11 Å². The molecule has 1 fully saturated rings. The number of benzene rings is 1. The number of rotatable bonds is 5. The molecule has 0 aliphatic heterocycles. The van der Waals surface area contributed by atoms with Gasteiger partial charge in [-0.3, -0.25) is 0 Å². The summed E-state index contributed by atoms with van der Waals surface area (Å²) in [5.74, 6) is 3.77. The summed E-state index contributed by atoms with van der Waals surface area (Å²) in [6.07, 6.45) is 0. The highest BCUT2D eigenvalue weighted by molar-refractivity contribution is 5.44. The Hall–Kier alpha value is -2.83. The van der Waals surface area contributed by atoms with Crippen LogP contribution in [-0.4, -0.2) is 31.8 Å². The van der Waals surface area contributed by atoms with E-state index in [2.05, 4.69) is 37.7 Å². The average molecular weight is 380 g/mol. The van der Waals surface area contributed by atoms with Crippen molar-refractivity contribution in [2.24, 2.45) is 5.41 Å². The van der Waals surface area contributed by atoms with E-state index >= 15 is 0 Å². The Morgan fingerprint density at radius 2 is 1.96 bits per heavy atom. The van der Waals surface area contributed by atoms with Gasteiger partial charge in [-0.1, -0.05) is 33.8 Å². The number of nitrogen functional groups attached to an aromatic ring is 1. The predicted octanol–water partition coefficient (Wildman–Crippen LogP) is 3.92. The van der Waals surface area contributed by atoms with Crippen molar-refractivity contribution in [2.75, 3.05) is 12.8 Å². The molecular formula is C21H28N6O. The molecular weight excluding hydrogens is 352 g/mol. The number of nitrogens with two attached hydrogens (primary N) is 1. The maximum Gasteiger partial charge on any atom is 0.197 e. The van der Waals surface area contributed by atoms with Crippen molar-refractivity contribution in [2.45, 2.75) is 52.4 Å². The van der Waals surface area contributed by atoms with Gasteiger partial charge in [0, 0.05) is 29.5 Å². The van der Waals surface area contributed by atoms with Crippen LogP contribution in [0.4, 0.5) is 5.95 Å². The predicted molar refractivity (Wildman–Crippen MR) is 109 cm³/mol. The fraction of sp³-hybridized carbons (Fsp3) is 0.476. The second kappa shape index (κ2) is 6.36. The van der Waals surface area contributed by atoms with Gasteiger partial charge in [-0.05, 0) is 24.5 Å². The van der Waals surface area contributed by atoms with Crippen molar-refractivity contribution in [3.05, 3.63) is 47.3 Å². The molecule has 0 amide bonds. The molecule has 2 aromatic heterocycles. The van der Waals surface area contributed by atoms with Gasteiger partial charge in [-0.15, -0.1) is 0 Å². The van der Waals surface area contributed by atoms with E-state index < -0.39 is 0 Å². The van der Waals surface area contributed by atoms with Gasteiger partial charge in [-0.2, -0.15) is 5.10 Å². The number of aromatic nitrogens is 5. The van der Waals surface area contributed by atoms with Crippen molar-refractivity contribution >= 4 is 5.95 Å². The lowest BCUT2D eigenvalue weighted by atomic mass is 10.1. The van der Waals surface area contributed by atoms with Crippen LogP contribution < -0.4 is 10.5 Å². The van der Waals surface area contributed by atoms with Crippen LogP contribution in [0.5, 0.6) is 5.75 Å². The number of nitrogens with zero attached hydrogens (tertiary/aromatic N) is 4. The molecule has 2 atom stereocenters. The standard InChI is InChI=1S/C21H28N6O/c1-11(2)18-25-19(27(26-18)13-8-7-9-14(10-13)28-6)16-15(21(16,4)5)17-12(3)23-20(22)24-17/h7-11,15-16H,1-6H3,(H3,22,23,24). The lowest BCUT2D eigenvalue weighted by Gasteiger charge is -2.08. The number of anilines is 1. The lowest BCUT2D eigenvalue weighted by molar-refractivity contribution is 0.414. The summed E-state index contributed by atoms with van der Waals surface area (Å²) in [5, 5.41) is 4.84. The summed E-state index contributed by atoms with van der Waals surface area (Å²) in [4.78, 5) is 12.6. The number of ether oxygens (including phenoxy) is 1. The average Bonchev–Trinajstić information content (AvgIpc) is 2.96. The van der Waals surface area contributed by atoms with E-state index in [1.807, 2.05) is 35.9 Å². The van der Waals surface area contributed by atoms with Crippen LogP contribution in [0.2, 0.25) is 0 Å². The zero-order valence-electron chi connectivity index (χ0n) is 17.3. The normalized spacial score (nSPS) is 20.5. The van der Waals surface area contributed by atoms with Crippen LogP contribution in [-0.2, 0) is 0 Å². The Bertz CT molecular complexity index is 1020. The van der Waals surface area contributed by atoms with Gasteiger partial charge in [0.2, 0.25) is 0 Å². The van der Waals surface area contributed by atoms with Crippen LogP contribution in [0.25, 0.3) is 5.69 Å². The summed E-state index contributed by atoms with van der Waals surface area (Å²) in [6.45, 7) is 10.8. The Morgan fingerprint density at radius 3 is 2.57 bits per heavy atom. The Balaban J connectivity index is 1.82. The first-order chi connectivity index (χ1) is 13.2. The highest BCUT2D eigenvalue weighted by Crippen LogP contribution is 2.69. The first kappa shape index (κ1) is 18.5. The highest BCUT2D eigenvalue weighted by atomic mass is 16.5. The number of aryl methyl sites for hydroxylation is 1. The minimum atomic E-state index is 0.0181. The van der Waals surface area contributed by atoms with E-state index in [1.165, 1.54) is 0 Å². The molecule has 7 nitrogen and oxygen atoms in total. The lowest BCUT2D eigenvalue weighted by Crippen LogP contribution is -2.04. The van der Waals surface area contributed by atoms with Gasteiger partial charge >= 0.3 is 0 Å². The minimum absolute atomic E-state index is 0.0181. The number of hydrogen-bond acceptors (Lipinski definition) is 5. The second-order valence-electron chi connectivity index (χ2n) is 8.51. The van der Waals surface area contributed by atoms with Gasteiger partial charge in [0.15, 0.2) is 11.8 Å². The van der Waals surface area contributed by atoms with Gasteiger partial charge in [0.05, 0.1) is 18.5 Å². The van der Waals surface area contributed by atoms with E-state index in [0.29, 0.717) is 5.95 Å². The molecule has 1 aliphatic rings. The molecule has 1 saturated carbocycles. The van der Waals surface area contributed by atoms with E-state index in [9.17, 15) is 0 Å². The van der Waals surface area contributed by atoms with E-state index in [0.717, 1.165) is 34.5 Å².